The zero-order valence-electron chi connectivity index (χ0n) is 12.5. The minimum atomic E-state index is -0.377. The number of carbonyl (C=O) groups excluding carboxylic acids is 1. The molecule has 3 rings (SSSR count). The van der Waals surface area contributed by atoms with Crippen LogP contribution in [0.2, 0.25) is 0 Å². The maximum absolute atomic E-state index is 13.6. The van der Waals surface area contributed by atoms with E-state index in [1.165, 1.54) is 6.07 Å². The second-order valence-electron chi connectivity index (χ2n) is 5.00. The Kier molecular flexibility index (Phi) is 4.19. The second-order valence-corrected chi connectivity index (χ2v) is 5.00. The Bertz CT molecular complexity index is 865. The van der Waals surface area contributed by atoms with Gasteiger partial charge in [-0.2, -0.15) is 0 Å². The molecule has 5 heteroatoms. The number of methoxy groups -OCH3 is 1. The zero-order chi connectivity index (χ0) is 16.2. The van der Waals surface area contributed by atoms with Crippen LogP contribution in [-0.2, 0) is 6.54 Å². The number of aromatic nitrogens is 1. The molecular formula is C18H15FN2O2. The molecule has 4 nitrogen and oxygen atoms in total. The van der Waals surface area contributed by atoms with Crippen LogP contribution in [0.25, 0.3) is 10.9 Å². The van der Waals surface area contributed by atoms with Crippen molar-refractivity contribution in [1.82, 2.24) is 10.3 Å². The lowest BCUT2D eigenvalue weighted by Crippen LogP contribution is -2.24. The molecule has 0 aliphatic rings. The Hall–Kier alpha value is -2.95. The number of halogens is 1. The van der Waals surface area contributed by atoms with E-state index in [1.54, 1.807) is 31.4 Å². The second kappa shape index (κ2) is 6.44. The number of hydrogen-bond acceptors (Lipinski definition) is 3. The first-order valence-corrected chi connectivity index (χ1v) is 7.14. The highest BCUT2D eigenvalue weighted by atomic mass is 19.1. The Labute approximate surface area is 132 Å². The topological polar surface area (TPSA) is 51.2 Å². The lowest BCUT2D eigenvalue weighted by molar-refractivity contribution is 0.0945. The van der Waals surface area contributed by atoms with Crippen molar-refractivity contribution in [2.45, 2.75) is 6.54 Å². The third-order valence-corrected chi connectivity index (χ3v) is 3.53. The molecule has 3 aromatic rings. The largest absolute Gasteiger partial charge is 0.496 e. The van der Waals surface area contributed by atoms with E-state index in [4.69, 9.17) is 4.74 Å². The van der Waals surface area contributed by atoms with Crippen LogP contribution in [-0.4, -0.2) is 18.0 Å². The van der Waals surface area contributed by atoms with Gasteiger partial charge >= 0.3 is 0 Å². The summed E-state index contributed by atoms with van der Waals surface area (Å²) in [6, 6.07) is 15.3. The molecule has 1 heterocycles. The molecule has 0 saturated carbocycles. The van der Waals surface area contributed by atoms with E-state index in [1.807, 2.05) is 24.3 Å². The lowest BCUT2D eigenvalue weighted by atomic mass is 10.1. The molecule has 116 valence electrons. The van der Waals surface area contributed by atoms with Gasteiger partial charge in [0, 0.05) is 23.6 Å². The molecular weight excluding hydrogens is 295 g/mol. The highest BCUT2D eigenvalue weighted by Gasteiger charge is 2.13. The molecule has 1 N–H and O–H groups in total. The van der Waals surface area contributed by atoms with Crippen LogP contribution < -0.4 is 10.1 Å². The van der Waals surface area contributed by atoms with Gasteiger partial charge in [-0.25, -0.2) is 9.37 Å². The minimum Gasteiger partial charge on any atom is -0.496 e. The molecule has 23 heavy (non-hydrogen) atoms. The molecule has 0 saturated heterocycles. The third-order valence-electron chi connectivity index (χ3n) is 3.53. The van der Waals surface area contributed by atoms with Crippen molar-refractivity contribution >= 4 is 16.8 Å². The summed E-state index contributed by atoms with van der Waals surface area (Å²) in [4.78, 5) is 16.6. The first-order chi connectivity index (χ1) is 11.2. The lowest BCUT2D eigenvalue weighted by Gasteiger charge is -2.09. The van der Waals surface area contributed by atoms with Crippen molar-refractivity contribution in [1.29, 1.82) is 0 Å². The van der Waals surface area contributed by atoms with Gasteiger partial charge in [0.15, 0.2) is 0 Å². The van der Waals surface area contributed by atoms with Gasteiger partial charge in [0.25, 0.3) is 5.91 Å². The summed E-state index contributed by atoms with van der Waals surface area (Å²) < 4.78 is 18.9. The molecule has 0 atom stereocenters. The van der Waals surface area contributed by atoms with Crippen molar-refractivity contribution in [3.8, 4) is 5.75 Å². The van der Waals surface area contributed by atoms with Gasteiger partial charge < -0.3 is 10.1 Å². The highest BCUT2D eigenvalue weighted by molar-refractivity contribution is 5.96. The third kappa shape index (κ3) is 3.13. The summed E-state index contributed by atoms with van der Waals surface area (Å²) in [5, 5.41) is 3.51. The average molecular weight is 310 g/mol. The van der Waals surface area contributed by atoms with Crippen LogP contribution in [0.1, 0.15) is 16.1 Å². The highest BCUT2D eigenvalue weighted by Crippen LogP contribution is 2.24. The fourth-order valence-corrected chi connectivity index (χ4v) is 2.34. The average Bonchev–Trinajstić information content (AvgIpc) is 2.59. The van der Waals surface area contributed by atoms with Crippen LogP contribution in [0.4, 0.5) is 4.39 Å². The number of para-hydroxylation sites is 1. The predicted octanol–water partition coefficient (Wildman–Crippen LogP) is 3.31. The number of nitrogens with one attached hydrogen (secondary N) is 1. The molecule has 0 aliphatic heterocycles. The minimum absolute atomic E-state index is 0.0995. The van der Waals surface area contributed by atoms with Gasteiger partial charge in [-0.15, -0.1) is 0 Å². The van der Waals surface area contributed by atoms with E-state index < -0.39 is 0 Å². The van der Waals surface area contributed by atoms with Gasteiger partial charge in [0.1, 0.15) is 17.3 Å². The van der Waals surface area contributed by atoms with Crippen molar-refractivity contribution in [2.75, 3.05) is 7.11 Å². The number of rotatable bonds is 4. The van der Waals surface area contributed by atoms with Gasteiger partial charge in [-0.3, -0.25) is 4.79 Å². The Morgan fingerprint density at radius 2 is 1.91 bits per heavy atom. The monoisotopic (exact) mass is 310 g/mol. The van der Waals surface area contributed by atoms with E-state index in [2.05, 4.69) is 10.3 Å². The molecule has 1 aromatic heterocycles. The summed E-state index contributed by atoms with van der Waals surface area (Å²) in [6.45, 7) is 0.0995. The molecule has 0 bridgehead atoms. The van der Waals surface area contributed by atoms with Gasteiger partial charge in [0.05, 0.1) is 12.6 Å². The molecule has 0 spiro atoms. The van der Waals surface area contributed by atoms with Crippen LogP contribution in [0.15, 0.2) is 54.6 Å². The van der Waals surface area contributed by atoms with E-state index in [0.29, 0.717) is 16.8 Å². The Morgan fingerprint density at radius 1 is 1.17 bits per heavy atom. The standard InChI is InChI=1S/C18H15FN2O2/c1-23-17-10-16(21-15-9-5-3-7-13(15)17)18(22)20-11-12-6-2-4-8-14(12)19/h2-10H,11H2,1H3,(H,20,22). The number of carbonyl (C=O) groups is 1. The number of ether oxygens (including phenoxy) is 1. The molecule has 1 amide bonds. The van der Waals surface area contributed by atoms with Crippen molar-refractivity contribution in [2.24, 2.45) is 0 Å². The maximum atomic E-state index is 13.6. The summed E-state index contributed by atoms with van der Waals surface area (Å²) >= 11 is 0. The molecule has 0 aliphatic carbocycles. The van der Waals surface area contributed by atoms with E-state index >= 15 is 0 Å². The predicted molar refractivity (Wildman–Crippen MR) is 85.9 cm³/mol. The number of fused-ring (bicyclic) bond motifs is 1. The smallest absolute Gasteiger partial charge is 0.270 e. The number of benzene rings is 2. The summed E-state index contributed by atoms with van der Waals surface area (Å²) in [7, 11) is 1.54. The molecule has 0 radical (unpaired) electrons. The summed E-state index contributed by atoms with van der Waals surface area (Å²) in [5.74, 6) is -0.152. The van der Waals surface area contributed by atoms with Crippen LogP contribution in [0.3, 0.4) is 0 Å². The van der Waals surface area contributed by atoms with Gasteiger partial charge in [-0.05, 0) is 18.2 Å². The quantitative estimate of drug-likeness (QED) is 0.804. The molecule has 2 aromatic carbocycles. The first kappa shape index (κ1) is 15.0. The number of pyridine rings is 1. The van der Waals surface area contributed by atoms with Crippen molar-refractivity contribution in [3.63, 3.8) is 0 Å². The van der Waals surface area contributed by atoms with Crippen molar-refractivity contribution < 1.29 is 13.9 Å². The fraction of sp³-hybridized carbons (Fsp3) is 0.111. The van der Waals surface area contributed by atoms with E-state index in [0.717, 1.165) is 5.39 Å². The fourth-order valence-electron chi connectivity index (χ4n) is 2.34. The van der Waals surface area contributed by atoms with E-state index in [9.17, 15) is 9.18 Å². The normalized spacial score (nSPS) is 10.5. The summed E-state index contributed by atoms with van der Waals surface area (Å²) in [6.07, 6.45) is 0. The number of nitrogens with zero attached hydrogens (tertiary/aromatic N) is 1. The van der Waals surface area contributed by atoms with Crippen LogP contribution in [0.5, 0.6) is 5.75 Å². The van der Waals surface area contributed by atoms with Crippen LogP contribution >= 0.6 is 0 Å². The van der Waals surface area contributed by atoms with Crippen molar-refractivity contribution in [3.05, 3.63) is 71.7 Å². The SMILES string of the molecule is COc1cc(C(=O)NCc2ccccc2F)nc2ccccc12. The molecule has 0 fully saturated rings. The van der Waals surface area contributed by atoms with Gasteiger partial charge in [-0.1, -0.05) is 30.3 Å². The summed E-state index contributed by atoms with van der Waals surface area (Å²) in [5.41, 5.74) is 1.33. The Morgan fingerprint density at radius 3 is 2.70 bits per heavy atom. The Balaban J connectivity index is 1.85. The number of amides is 1. The van der Waals surface area contributed by atoms with Crippen LogP contribution in [0, 0.1) is 5.82 Å². The number of hydrogen-bond donors (Lipinski definition) is 1. The molecule has 0 unspecified atom stereocenters. The zero-order valence-corrected chi connectivity index (χ0v) is 12.5. The maximum Gasteiger partial charge on any atom is 0.270 e. The van der Waals surface area contributed by atoms with Gasteiger partial charge in [0.2, 0.25) is 0 Å². The first-order valence-electron chi connectivity index (χ1n) is 7.14. The van der Waals surface area contributed by atoms with E-state index in [-0.39, 0.29) is 24.0 Å².